The summed E-state index contributed by atoms with van der Waals surface area (Å²) in [5, 5.41) is 10.6. The first-order valence-corrected chi connectivity index (χ1v) is 6.51. The molecule has 17 heavy (non-hydrogen) atoms. The molecule has 6 heteroatoms. The lowest BCUT2D eigenvalue weighted by atomic mass is 10.1. The normalized spacial score (nSPS) is 12.5. The highest BCUT2D eigenvalue weighted by molar-refractivity contribution is 9.09. The molecule has 0 aliphatic heterocycles. The molecule has 1 aromatic carbocycles. The van der Waals surface area contributed by atoms with Crippen LogP contribution in [0.1, 0.15) is 25.3 Å². The summed E-state index contributed by atoms with van der Waals surface area (Å²) in [5.41, 5.74) is 0.240. The Morgan fingerprint density at radius 2 is 2.24 bits per heavy atom. The molecule has 1 unspecified atom stereocenters. The van der Waals surface area contributed by atoms with E-state index in [0.717, 1.165) is 25.0 Å². The van der Waals surface area contributed by atoms with Gasteiger partial charge < -0.3 is 0 Å². The maximum absolute atomic E-state index is 13.3. The number of alkyl halides is 1. The number of nitrogens with zero attached hydrogens (tertiary/aromatic N) is 1. The summed E-state index contributed by atoms with van der Waals surface area (Å²) >= 11 is 8.96. The van der Waals surface area contributed by atoms with Crippen LogP contribution in [0.25, 0.3) is 0 Å². The van der Waals surface area contributed by atoms with Crippen molar-refractivity contribution in [2.24, 2.45) is 0 Å². The molecule has 0 amide bonds. The van der Waals surface area contributed by atoms with Gasteiger partial charge in [-0.1, -0.05) is 40.9 Å². The highest BCUT2D eigenvalue weighted by Gasteiger charge is 2.19. The van der Waals surface area contributed by atoms with Gasteiger partial charge in [-0.3, -0.25) is 10.1 Å². The summed E-state index contributed by atoms with van der Waals surface area (Å²) < 4.78 is 13.3. The minimum absolute atomic E-state index is 0.103. The highest BCUT2D eigenvalue weighted by Crippen LogP contribution is 2.29. The van der Waals surface area contributed by atoms with E-state index in [1.165, 1.54) is 0 Å². The molecule has 0 radical (unpaired) electrons. The third-order valence-electron chi connectivity index (χ3n) is 2.36. The maximum Gasteiger partial charge on any atom is 0.274 e. The average Bonchev–Trinajstić information content (AvgIpc) is 2.23. The van der Waals surface area contributed by atoms with Crippen LogP contribution in [0.4, 0.5) is 10.1 Å². The van der Waals surface area contributed by atoms with Gasteiger partial charge in [0.15, 0.2) is 0 Å². The van der Waals surface area contributed by atoms with Crippen molar-refractivity contribution in [1.82, 2.24) is 0 Å². The van der Waals surface area contributed by atoms with Crippen molar-refractivity contribution in [2.75, 3.05) is 0 Å². The van der Waals surface area contributed by atoms with Crippen molar-refractivity contribution in [3.05, 3.63) is 38.7 Å². The third-order valence-corrected chi connectivity index (χ3v) is 3.43. The molecule has 0 aromatic heterocycles. The van der Waals surface area contributed by atoms with Gasteiger partial charge in [-0.05, 0) is 18.9 Å². The number of hydrogen-bond donors (Lipinski definition) is 0. The molecule has 0 saturated carbocycles. The van der Waals surface area contributed by atoms with Gasteiger partial charge in [0.05, 0.1) is 9.95 Å². The maximum atomic E-state index is 13.3. The summed E-state index contributed by atoms with van der Waals surface area (Å²) in [6, 6.07) is 2.21. The molecular weight excluding hydrogens is 312 g/mol. The van der Waals surface area contributed by atoms with Crippen molar-refractivity contribution >= 4 is 33.2 Å². The van der Waals surface area contributed by atoms with E-state index in [9.17, 15) is 14.5 Å². The lowest BCUT2D eigenvalue weighted by molar-refractivity contribution is -0.385. The molecule has 1 aromatic rings. The second kappa shape index (κ2) is 6.31. The summed E-state index contributed by atoms with van der Waals surface area (Å²) in [6.07, 6.45) is 2.25. The van der Waals surface area contributed by atoms with E-state index in [2.05, 4.69) is 15.9 Å². The fourth-order valence-electron chi connectivity index (χ4n) is 1.56. The zero-order valence-corrected chi connectivity index (χ0v) is 11.6. The van der Waals surface area contributed by atoms with Crippen molar-refractivity contribution in [3.63, 3.8) is 0 Å². The first-order chi connectivity index (χ1) is 7.95. The van der Waals surface area contributed by atoms with Gasteiger partial charge in [-0.25, -0.2) is 4.39 Å². The molecule has 1 atom stereocenters. The van der Waals surface area contributed by atoms with Crippen LogP contribution >= 0.6 is 27.5 Å². The Morgan fingerprint density at radius 1 is 1.59 bits per heavy atom. The van der Waals surface area contributed by atoms with Gasteiger partial charge >= 0.3 is 0 Å². The van der Waals surface area contributed by atoms with Gasteiger partial charge in [-0.2, -0.15) is 0 Å². The first kappa shape index (κ1) is 14.4. The number of hydrogen-bond acceptors (Lipinski definition) is 2. The van der Waals surface area contributed by atoms with E-state index in [4.69, 9.17) is 11.6 Å². The average molecular weight is 325 g/mol. The Bertz CT molecular complexity index is 428. The van der Waals surface area contributed by atoms with E-state index >= 15 is 0 Å². The quantitative estimate of drug-likeness (QED) is 0.455. The van der Waals surface area contributed by atoms with E-state index in [1.54, 1.807) is 0 Å². The minimum atomic E-state index is -0.622. The molecule has 0 heterocycles. The molecular formula is C11H12BrClFNO2. The largest absolute Gasteiger partial charge is 0.274 e. The van der Waals surface area contributed by atoms with Crippen molar-refractivity contribution < 1.29 is 9.31 Å². The molecule has 0 aliphatic carbocycles. The Kier molecular flexibility index (Phi) is 5.33. The number of benzene rings is 1. The van der Waals surface area contributed by atoms with E-state index in [0.29, 0.717) is 12.0 Å². The van der Waals surface area contributed by atoms with Gasteiger partial charge in [0.1, 0.15) is 5.82 Å². The number of nitro benzene ring substituents is 1. The van der Waals surface area contributed by atoms with Crippen molar-refractivity contribution in [2.45, 2.75) is 31.0 Å². The number of halogens is 3. The van der Waals surface area contributed by atoms with Gasteiger partial charge in [-0.15, -0.1) is 0 Å². The zero-order valence-electron chi connectivity index (χ0n) is 9.25. The van der Waals surface area contributed by atoms with Crippen LogP contribution in [0.2, 0.25) is 5.02 Å². The Morgan fingerprint density at radius 3 is 2.76 bits per heavy atom. The van der Waals surface area contributed by atoms with Crippen LogP contribution in [0.15, 0.2) is 12.1 Å². The Hall–Kier alpha value is -0.680. The van der Waals surface area contributed by atoms with Crippen molar-refractivity contribution in [1.29, 1.82) is 0 Å². The fourth-order valence-corrected chi connectivity index (χ4v) is 2.53. The monoisotopic (exact) mass is 323 g/mol. The SMILES string of the molecule is CCCC(Br)Cc1cc(F)c(Cl)cc1[N+](=O)[O-]. The number of rotatable bonds is 5. The van der Waals surface area contributed by atoms with Gasteiger partial charge in [0, 0.05) is 16.5 Å². The molecule has 1 rings (SSSR count). The van der Waals surface area contributed by atoms with E-state index in [1.807, 2.05) is 6.92 Å². The second-order valence-electron chi connectivity index (χ2n) is 3.74. The van der Waals surface area contributed by atoms with Crippen LogP contribution in [0.5, 0.6) is 0 Å². The fraction of sp³-hybridized carbons (Fsp3) is 0.455. The number of nitro groups is 1. The molecule has 0 saturated heterocycles. The standard InChI is InChI=1S/C11H12BrClFNO2/c1-2-3-8(12)4-7-5-10(14)9(13)6-11(7)15(16)17/h5-6,8H,2-4H2,1H3. The molecule has 0 bridgehead atoms. The zero-order chi connectivity index (χ0) is 13.0. The lowest BCUT2D eigenvalue weighted by Gasteiger charge is -2.09. The van der Waals surface area contributed by atoms with Crippen LogP contribution in [-0.4, -0.2) is 9.75 Å². The smallest absolute Gasteiger partial charge is 0.258 e. The van der Waals surface area contributed by atoms with Crippen LogP contribution in [0.3, 0.4) is 0 Å². The molecule has 0 aliphatic rings. The van der Waals surface area contributed by atoms with Gasteiger partial charge in [0.25, 0.3) is 5.69 Å². The summed E-state index contributed by atoms with van der Waals surface area (Å²) in [5.74, 6) is -0.622. The minimum Gasteiger partial charge on any atom is -0.258 e. The van der Waals surface area contributed by atoms with Crippen LogP contribution < -0.4 is 0 Å². The van der Waals surface area contributed by atoms with Crippen LogP contribution in [-0.2, 0) is 6.42 Å². The Balaban J connectivity index is 3.04. The predicted octanol–water partition coefficient (Wildman–Crippen LogP) is 4.49. The predicted molar refractivity (Wildman–Crippen MR) is 69.4 cm³/mol. The molecule has 3 nitrogen and oxygen atoms in total. The second-order valence-corrected chi connectivity index (χ2v) is 5.44. The lowest BCUT2D eigenvalue weighted by Crippen LogP contribution is -2.05. The molecule has 0 fully saturated rings. The van der Waals surface area contributed by atoms with E-state index < -0.39 is 10.7 Å². The van der Waals surface area contributed by atoms with Crippen LogP contribution in [0, 0.1) is 15.9 Å². The topological polar surface area (TPSA) is 43.1 Å². The summed E-state index contributed by atoms with van der Waals surface area (Å²) in [4.78, 5) is 10.4. The summed E-state index contributed by atoms with van der Waals surface area (Å²) in [6.45, 7) is 2.02. The molecule has 94 valence electrons. The highest BCUT2D eigenvalue weighted by atomic mass is 79.9. The third kappa shape index (κ3) is 3.92. The first-order valence-electron chi connectivity index (χ1n) is 5.22. The van der Waals surface area contributed by atoms with E-state index in [-0.39, 0.29) is 15.5 Å². The summed E-state index contributed by atoms with van der Waals surface area (Å²) in [7, 11) is 0. The van der Waals surface area contributed by atoms with Gasteiger partial charge in [0.2, 0.25) is 0 Å². The Labute approximate surface area is 112 Å². The molecule has 0 spiro atoms. The molecule has 0 N–H and O–H groups in total. The van der Waals surface area contributed by atoms with Crippen molar-refractivity contribution in [3.8, 4) is 0 Å².